The fraction of sp³-hybridized carbons (Fsp3) is 0.444. The van der Waals surface area contributed by atoms with Gasteiger partial charge in [0.15, 0.2) is 9.84 Å². The molecule has 1 aromatic carbocycles. The molecule has 9 heteroatoms. The first-order chi connectivity index (χ1) is 12.7. The van der Waals surface area contributed by atoms with Crippen LogP contribution in [0.25, 0.3) is 0 Å². The van der Waals surface area contributed by atoms with Crippen molar-refractivity contribution in [1.82, 2.24) is 10.2 Å². The first-order valence-corrected chi connectivity index (χ1v) is 11.3. The van der Waals surface area contributed by atoms with Crippen molar-refractivity contribution in [2.45, 2.75) is 32.4 Å². The average Bonchev–Trinajstić information content (AvgIpc) is 2.94. The number of carbonyl (C=O) groups is 2. The molecule has 7 nitrogen and oxygen atoms in total. The molecule has 0 spiro atoms. The van der Waals surface area contributed by atoms with Gasteiger partial charge in [-0.05, 0) is 38.0 Å². The summed E-state index contributed by atoms with van der Waals surface area (Å²) >= 11 is 3.37. The summed E-state index contributed by atoms with van der Waals surface area (Å²) < 4.78 is 29.8. The van der Waals surface area contributed by atoms with E-state index in [9.17, 15) is 18.0 Å². The van der Waals surface area contributed by atoms with Crippen molar-refractivity contribution in [3.8, 4) is 0 Å². The maximum atomic E-state index is 12.8. The lowest BCUT2D eigenvalue weighted by molar-refractivity contribution is -0.139. The molecule has 2 aliphatic rings. The van der Waals surface area contributed by atoms with Gasteiger partial charge in [-0.2, -0.15) is 0 Å². The van der Waals surface area contributed by atoms with Gasteiger partial charge in [0, 0.05) is 10.2 Å². The topological polar surface area (TPSA) is 92.8 Å². The van der Waals surface area contributed by atoms with Crippen LogP contribution in [0, 0.1) is 0 Å². The van der Waals surface area contributed by atoms with Gasteiger partial charge < -0.3 is 10.1 Å². The predicted octanol–water partition coefficient (Wildman–Crippen LogP) is 2.54. The third-order valence-corrected chi connectivity index (χ3v) is 7.08. The van der Waals surface area contributed by atoms with Gasteiger partial charge in [-0.3, -0.25) is 4.90 Å². The van der Waals surface area contributed by atoms with Crippen LogP contribution in [0.4, 0.5) is 4.79 Å². The summed E-state index contributed by atoms with van der Waals surface area (Å²) in [4.78, 5) is 26.9. The Morgan fingerprint density at radius 3 is 2.56 bits per heavy atom. The first-order valence-electron chi connectivity index (χ1n) is 8.67. The number of amides is 2. The van der Waals surface area contributed by atoms with Crippen molar-refractivity contribution in [3.63, 3.8) is 0 Å². The van der Waals surface area contributed by atoms with E-state index in [1.807, 2.05) is 24.3 Å². The second kappa shape index (κ2) is 7.63. The first kappa shape index (κ1) is 19.9. The van der Waals surface area contributed by atoms with Crippen molar-refractivity contribution < 1.29 is 22.7 Å². The standard InChI is InChI=1S/C18H21BrN2O5S/c1-3-26-17(22)15-11(2)21(14-8-9-27(24,25)10-14)18(23)20-16(15)12-4-6-13(19)7-5-12/h4-7,14,16H,3,8-10H2,1-2H3,(H,20,23)/t14-,16-/m1/s1. The fourth-order valence-electron chi connectivity index (χ4n) is 3.55. The Labute approximate surface area is 166 Å². The Morgan fingerprint density at radius 1 is 1.33 bits per heavy atom. The van der Waals surface area contributed by atoms with E-state index < -0.39 is 33.9 Å². The summed E-state index contributed by atoms with van der Waals surface area (Å²) in [6, 6.07) is 5.75. The van der Waals surface area contributed by atoms with Gasteiger partial charge in [0.25, 0.3) is 0 Å². The number of allylic oxidation sites excluding steroid dienone is 1. The van der Waals surface area contributed by atoms with Gasteiger partial charge in [0.2, 0.25) is 0 Å². The van der Waals surface area contributed by atoms with Crippen LogP contribution in [0.15, 0.2) is 40.0 Å². The van der Waals surface area contributed by atoms with Crippen LogP contribution >= 0.6 is 15.9 Å². The molecule has 0 aromatic heterocycles. The van der Waals surface area contributed by atoms with Gasteiger partial charge in [-0.15, -0.1) is 0 Å². The molecular formula is C18H21BrN2O5S. The molecule has 0 bridgehead atoms. The number of halogens is 1. The Bertz CT molecular complexity index is 895. The highest BCUT2D eigenvalue weighted by atomic mass is 79.9. The van der Waals surface area contributed by atoms with Gasteiger partial charge in [-0.25, -0.2) is 18.0 Å². The molecule has 0 saturated carbocycles. The number of hydrogen-bond donors (Lipinski definition) is 1. The summed E-state index contributed by atoms with van der Waals surface area (Å²) in [6.45, 7) is 3.58. The summed E-state index contributed by atoms with van der Waals surface area (Å²) in [6.07, 6.45) is 0.353. The van der Waals surface area contributed by atoms with Crippen LogP contribution in [-0.2, 0) is 19.4 Å². The molecular weight excluding hydrogens is 436 g/mol. The maximum Gasteiger partial charge on any atom is 0.338 e. The quantitative estimate of drug-likeness (QED) is 0.702. The van der Waals surface area contributed by atoms with Gasteiger partial charge in [0.05, 0.1) is 35.8 Å². The number of benzene rings is 1. The van der Waals surface area contributed by atoms with Gasteiger partial charge in [0.1, 0.15) is 0 Å². The minimum absolute atomic E-state index is 0.0413. The minimum Gasteiger partial charge on any atom is -0.463 e. The summed E-state index contributed by atoms with van der Waals surface area (Å²) in [5.41, 5.74) is 1.50. The Hall–Kier alpha value is -1.87. The molecule has 2 amide bonds. The predicted molar refractivity (Wildman–Crippen MR) is 104 cm³/mol. The lowest BCUT2D eigenvalue weighted by Crippen LogP contribution is -2.52. The normalized spacial score (nSPS) is 24.7. The van der Waals surface area contributed by atoms with E-state index in [-0.39, 0.29) is 18.1 Å². The van der Waals surface area contributed by atoms with Crippen molar-refractivity contribution in [2.75, 3.05) is 18.1 Å². The molecule has 2 atom stereocenters. The largest absolute Gasteiger partial charge is 0.463 e. The highest BCUT2D eigenvalue weighted by molar-refractivity contribution is 9.10. The molecule has 0 radical (unpaired) electrons. The molecule has 1 fully saturated rings. The van der Waals surface area contributed by atoms with E-state index in [0.717, 1.165) is 10.0 Å². The third-order valence-electron chi connectivity index (χ3n) is 4.80. The molecule has 146 valence electrons. The number of esters is 1. The van der Waals surface area contributed by atoms with Crippen LogP contribution in [-0.4, -0.2) is 49.5 Å². The van der Waals surface area contributed by atoms with Crippen molar-refractivity contribution in [1.29, 1.82) is 0 Å². The summed E-state index contributed by atoms with van der Waals surface area (Å²) in [5, 5.41) is 2.84. The van der Waals surface area contributed by atoms with Gasteiger partial charge >= 0.3 is 12.0 Å². The highest BCUT2D eigenvalue weighted by Gasteiger charge is 2.42. The molecule has 3 rings (SSSR count). The van der Waals surface area contributed by atoms with E-state index >= 15 is 0 Å². The second-order valence-electron chi connectivity index (χ2n) is 6.58. The lowest BCUT2D eigenvalue weighted by Gasteiger charge is -2.38. The molecule has 0 aliphatic carbocycles. The summed E-state index contributed by atoms with van der Waals surface area (Å²) in [5.74, 6) is -0.579. The number of hydrogen-bond acceptors (Lipinski definition) is 5. The van der Waals surface area contributed by atoms with Crippen molar-refractivity contribution in [2.24, 2.45) is 0 Å². The van der Waals surface area contributed by atoms with E-state index in [1.54, 1.807) is 13.8 Å². The number of ether oxygens (including phenoxy) is 1. The molecule has 2 heterocycles. The SMILES string of the molecule is CCOC(=O)C1=C(C)N([C@@H]2CCS(=O)(=O)C2)C(=O)N[C@@H]1c1ccc(Br)cc1. The number of carbonyl (C=O) groups excluding carboxylic acids is 2. The number of nitrogens with one attached hydrogen (secondary N) is 1. The van der Waals surface area contributed by atoms with E-state index in [2.05, 4.69) is 21.2 Å². The molecule has 0 unspecified atom stereocenters. The molecule has 1 aromatic rings. The van der Waals surface area contributed by atoms with Gasteiger partial charge in [-0.1, -0.05) is 28.1 Å². The van der Waals surface area contributed by atoms with Crippen LogP contribution < -0.4 is 5.32 Å². The number of sulfone groups is 1. The zero-order chi connectivity index (χ0) is 19.8. The maximum absolute atomic E-state index is 12.8. The third kappa shape index (κ3) is 4.03. The van der Waals surface area contributed by atoms with Crippen LogP contribution in [0.1, 0.15) is 31.9 Å². The van der Waals surface area contributed by atoms with Crippen molar-refractivity contribution >= 4 is 37.8 Å². The molecule has 1 N–H and O–H groups in total. The zero-order valence-electron chi connectivity index (χ0n) is 15.1. The Balaban J connectivity index is 2.05. The number of urea groups is 1. The fourth-order valence-corrected chi connectivity index (χ4v) is 5.52. The number of nitrogens with zero attached hydrogens (tertiary/aromatic N) is 1. The smallest absolute Gasteiger partial charge is 0.338 e. The zero-order valence-corrected chi connectivity index (χ0v) is 17.5. The van der Waals surface area contributed by atoms with Crippen molar-refractivity contribution in [3.05, 3.63) is 45.6 Å². The molecule has 1 saturated heterocycles. The minimum atomic E-state index is -3.18. The highest BCUT2D eigenvalue weighted by Crippen LogP contribution is 2.34. The molecule has 2 aliphatic heterocycles. The van der Waals surface area contributed by atoms with Crippen LogP contribution in [0.5, 0.6) is 0 Å². The van der Waals surface area contributed by atoms with Crippen LogP contribution in [0.3, 0.4) is 0 Å². The Morgan fingerprint density at radius 2 is 2.00 bits per heavy atom. The van der Waals surface area contributed by atoms with E-state index in [0.29, 0.717) is 17.7 Å². The Kier molecular flexibility index (Phi) is 5.62. The second-order valence-corrected chi connectivity index (χ2v) is 9.72. The van der Waals surface area contributed by atoms with Crippen LogP contribution in [0.2, 0.25) is 0 Å². The lowest BCUT2D eigenvalue weighted by atomic mass is 9.94. The van der Waals surface area contributed by atoms with E-state index in [4.69, 9.17) is 4.74 Å². The molecule has 27 heavy (non-hydrogen) atoms. The van der Waals surface area contributed by atoms with E-state index in [1.165, 1.54) is 4.90 Å². The summed E-state index contributed by atoms with van der Waals surface area (Å²) in [7, 11) is -3.18. The number of rotatable bonds is 4. The monoisotopic (exact) mass is 456 g/mol. The average molecular weight is 457 g/mol.